The molecule has 2 aliphatic rings. The number of nitrogens with zero attached hydrogens (tertiary/aromatic N) is 2. The molecule has 0 aliphatic carbocycles. The van der Waals surface area contributed by atoms with Crippen molar-refractivity contribution < 1.29 is 18.9 Å². The predicted octanol–water partition coefficient (Wildman–Crippen LogP) is 3.42. The Kier molecular flexibility index (Phi) is 7.63. The molecule has 0 bridgehead atoms. The zero-order chi connectivity index (χ0) is 22.3. The van der Waals surface area contributed by atoms with Gasteiger partial charge in [-0.25, -0.2) is 0 Å². The summed E-state index contributed by atoms with van der Waals surface area (Å²) in [6, 6.07) is 16.4. The Morgan fingerprint density at radius 1 is 1.09 bits per heavy atom. The summed E-state index contributed by atoms with van der Waals surface area (Å²) >= 11 is 0. The Bertz CT molecular complexity index is 901. The molecular formula is C25H33N3O4. The summed E-state index contributed by atoms with van der Waals surface area (Å²) in [5, 5.41) is 3.62. The minimum absolute atomic E-state index is 0.121. The minimum atomic E-state index is -0.405. The SMILES string of the molecule is CCCCN1C(c2ccccc2)=NC(C(OC)OC)C1CNCc1ccc2c(c1)OCO2. The number of hydrogen-bond donors (Lipinski definition) is 1. The van der Waals surface area contributed by atoms with Crippen LogP contribution in [0, 0.1) is 0 Å². The van der Waals surface area contributed by atoms with Gasteiger partial charge in [-0.05, 0) is 24.1 Å². The summed E-state index contributed by atoms with van der Waals surface area (Å²) in [7, 11) is 3.36. The lowest BCUT2D eigenvalue weighted by molar-refractivity contribution is -0.121. The molecule has 1 N–H and O–H groups in total. The number of rotatable bonds is 11. The van der Waals surface area contributed by atoms with Crippen LogP contribution in [0.15, 0.2) is 53.5 Å². The molecule has 2 unspecified atom stereocenters. The minimum Gasteiger partial charge on any atom is -0.454 e. The van der Waals surface area contributed by atoms with E-state index >= 15 is 0 Å². The van der Waals surface area contributed by atoms with Gasteiger partial charge in [-0.2, -0.15) is 0 Å². The maximum atomic E-state index is 5.65. The molecular weight excluding hydrogens is 406 g/mol. The van der Waals surface area contributed by atoms with Crippen LogP contribution in [-0.4, -0.2) is 63.2 Å². The largest absolute Gasteiger partial charge is 0.454 e. The number of fused-ring (bicyclic) bond motifs is 1. The van der Waals surface area contributed by atoms with Gasteiger partial charge in [-0.3, -0.25) is 4.99 Å². The lowest BCUT2D eigenvalue weighted by Crippen LogP contribution is -2.50. The lowest BCUT2D eigenvalue weighted by Gasteiger charge is -2.33. The molecule has 2 atom stereocenters. The van der Waals surface area contributed by atoms with Crippen molar-refractivity contribution >= 4 is 5.84 Å². The van der Waals surface area contributed by atoms with Crippen molar-refractivity contribution in [3.8, 4) is 11.5 Å². The zero-order valence-corrected chi connectivity index (χ0v) is 19.1. The van der Waals surface area contributed by atoms with Crippen LogP contribution in [0.3, 0.4) is 0 Å². The summed E-state index contributed by atoms with van der Waals surface area (Å²) in [6.07, 6.45) is 1.82. The fraction of sp³-hybridized carbons (Fsp3) is 0.480. The standard InChI is InChI=1S/C25H33N3O4/c1-4-5-13-28-20(16-26-15-18-11-12-21-22(14-18)32-17-31-21)23(25(29-2)30-3)27-24(28)19-9-7-6-8-10-19/h6-12,14,20,23,25-26H,4-5,13,15-17H2,1-3H3. The molecule has 7 nitrogen and oxygen atoms in total. The van der Waals surface area contributed by atoms with Gasteiger partial charge in [0.15, 0.2) is 17.8 Å². The van der Waals surface area contributed by atoms with Gasteiger partial charge in [-0.1, -0.05) is 49.7 Å². The molecule has 0 amide bonds. The number of methoxy groups -OCH3 is 2. The number of amidine groups is 1. The van der Waals surface area contributed by atoms with Crippen LogP contribution >= 0.6 is 0 Å². The van der Waals surface area contributed by atoms with E-state index in [2.05, 4.69) is 47.5 Å². The van der Waals surface area contributed by atoms with E-state index in [9.17, 15) is 0 Å². The van der Waals surface area contributed by atoms with Gasteiger partial charge < -0.3 is 29.2 Å². The third-order valence-electron chi connectivity index (χ3n) is 5.99. The number of aliphatic imine (C=N–C) groups is 1. The van der Waals surface area contributed by atoms with Crippen LogP contribution in [0.4, 0.5) is 0 Å². The summed E-state index contributed by atoms with van der Waals surface area (Å²) in [6.45, 7) is 4.93. The van der Waals surface area contributed by atoms with E-state index in [-0.39, 0.29) is 18.9 Å². The van der Waals surface area contributed by atoms with Crippen LogP contribution in [0.2, 0.25) is 0 Å². The highest BCUT2D eigenvalue weighted by molar-refractivity contribution is 6.00. The number of nitrogens with one attached hydrogen (secondary N) is 1. The molecule has 172 valence electrons. The second-order valence-corrected chi connectivity index (χ2v) is 8.08. The Balaban J connectivity index is 1.52. The highest BCUT2D eigenvalue weighted by Crippen LogP contribution is 2.32. The topological polar surface area (TPSA) is 64.6 Å². The molecule has 2 aromatic carbocycles. The second-order valence-electron chi connectivity index (χ2n) is 8.08. The molecule has 2 aromatic rings. The van der Waals surface area contributed by atoms with Crippen LogP contribution in [0.25, 0.3) is 0 Å². The summed E-state index contributed by atoms with van der Waals surface area (Å²) in [5.74, 6) is 2.62. The predicted molar refractivity (Wildman–Crippen MR) is 124 cm³/mol. The van der Waals surface area contributed by atoms with Gasteiger partial charge in [0.05, 0.1) is 6.04 Å². The van der Waals surface area contributed by atoms with Crippen molar-refractivity contribution in [1.29, 1.82) is 0 Å². The van der Waals surface area contributed by atoms with Crippen molar-refractivity contribution in [1.82, 2.24) is 10.2 Å². The molecule has 7 heteroatoms. The summed E-state index contributed by atoms with van der Waals surface area (Å²) in [5.41, 5.74) is 2.28. The molecule has 0 aromatic heterocycles. The Labute approximate surface area is 190 Å². The van der Waals surface area contributed by atoms with Gasteiger partial charge in [-0.15, -0.1) is 0 Å². The van der Waals surface area contributed by atoms with E-state index in [0.29, 0.717) is 0 Å². The van der Waals surface area contributed by atoms with Gasteiger partial charge in [0, 0.05) is 39.4 Å². The van der Waals surface area contributed by atoms with E-state index < -0.39 is 6.29 Å². The van der Waals surface area contributed by atoms with Crippen molar-refractivity contribution in [3.63, 3.8) is 0 Å². The van der Waals surface area contributed by atoms with Crippen LogP contribution < -0.4 is 14.8 Å². The Morgan fingerprint density at radius 2 is 1.88 bits per heavy atom. The quantitative estimate of drug-likeness (QED) is 0.542. The first-order valence-electron chi connectivity index (χ1n) is 11.3. The molecule has 32 heavy (non-hydrogen) atoms. The summed E-state index contributed by atoms with van der Waals surface area (Å²) in [4.78, 5) is 7.52. The molecule has 2 aliphatic heterocycles. The number of unbranched alkanes of at least 4 members (excludes halogenated alkanes) is 1. The number of hydrogen-bond acceptors (Lipinski definition) is 7. The Hall–Kier alpha value is -2.61. The van der Waals surface area contributed by atoms with E-state index in [1.165, 1.54) is 0 Å². The third-order valence-corrected chi connectivity index (χ3v) is 5.99. The van der Waals surface area contributed by atoms with Gasteiger partial charge >= 0.3 is 0 Å². The van der Waals surface area contributed by atoms with Crippen molar-refractivity contribution in [2.75, 3.05) is 34.1 Å². The molecule has 4 rings (SSSR count). The first kappa shape index (κ1) is 22.6. The van der Waals surface area contributed by atoms with Crippen molar-refractivity contribution in [2.24, 2.45) is 4.99 Å². The zero-order valence-electron chi connectivity index (χ0n) is 19.1. The molecule has 0 saturated carbocycles. The average molecular weight is 440 g/mol. The monoisotopic (exact) mass is 439 g/mol. The first-order valence-corrected chi connectivity index (χ1v) is 11.3. The van der Waals surface area contributed by atoms with Gasteiger partial charge in [0.25, 0.3) is 0 Å². The molecule has 0 radical (unpaired) electrons. The smallest absolute Gasteiger partial charge is 0.231 e. The van der Waals surface area contributed by atoms with E-state index in [4.69, 9.17) is 23.9 Å². The normalized spacial score (nSPS) is 19.6. The molecule has 0 spiro atoms. The van der Waals surface area contributed by atoms with E-state index in [1.54, 1.807) is 14.2 Å². The lowest BCUT2D eigenvalue weighted by atomic mass is 10.1. The van der Waals surface area contributed by atoms with E-state index in [0.717, 1.165) is 60.9 Å². The number of ether oxygens (including phenoxy) is 4. The highest BCUT2D eigenvalue weighted by Gasteiger charge is 2.40. The highest BCUT2D eigenvalue weighted by atomic mass is 16.7. The molecule has 0 saturated heterocycles. The fourth-order valence-electron chi connectivity index (χ4n) is 4.33. The maximum absolute atomic E-state index is 5.65. The molecule has 2 heterocycles. The molecule has 0 fully saturated rings. The maximum Gasteiger partial charge on any atom is 0.231 e. The summed E-state index contributed by atoms with van der Waals surface area (Å²) < 4.78 is 22.2. The van der Waals surface area contributed by atoms with Gasteiger partial charge in [0.2, 0.25) is 6.79 Å². The van der Waals surface area contributed by atoms with Crippen LogP contribution in [-0.2, 0) is 16.0 Å². The first-order chi connectivity index (χ1) is 15.7. The fourth-order valence-corrected chi connectivity index (χ4v) is 4.33. The average Bonchev–Trinajstić information content (AvgIpc) is 3.44. The van der Waals surface area contributed by atoms with Crippen LogP contribution in [0.5, 0.6) is 11.5 Å². The van der Waals surface area contributed by atoms with E-state index in [1.807, 2.05) is 18.2 Å². The van der Waals surface area contributed by atoms with Crippen molar-refractivity contribution in [3.05, 3.63) is 59.7 Å². The van der Waals surface area contributed by atoms with Crippen LogP contribution in [0.1, 0.15) is 30.9 Å². The second kappa shape index (κ2) is 10.8. The van der Waals surface area contributed by atoms with Crippen molar-refractivity contribution in [2.45, 2.75) is 44.7 Å². The number of benzene rings is 2. The Morgan fingerprint density at radius 3 is 2.62 bits per heavy atom. The third kappa shape index (κ3) is 4.90. The van der Waals surface area contributed by atoms with Gasteiger partial charge in [0.1, 0.15) is 11.9 Å².